The molecule has 1 rings (SSSR count). The number of likely N-dealkylation sites (tertiary alicyclic amines) is 1. The van der Waals surface area contributed by atoms with Gasteiger partial charge in [0.05, 0.1) is 6.54 Å². The zero-order valence-electron chi connectivity index (χ0n) is 8.78. The quantitative estimate of drug-likeness (QED) is 0.378. The van der Waals surface area contributed by atoms with Gasteiger partial charge in [0.25, 0.3) is 0 Å². The van der Waals surface area contributed by atoms with Crippen LogP contribution < -0.4 is 0 Å². The maximum absolute atomic E-state index is 9.77. The molecule has 1 aliphatic rings. The Morgan fingerprint density at radius 3 is 3.07 bits per heavy atom. The number of hydrogen-bond acceptors (Lipinski definition) is 3. The molecule has 0 aromatic carbocycles. The third kappa shape index (κ3) is 3.86. The number of allylic oxidation sites excluding steroid dienone is 1. The molecule has 14 heavy (non-hydrogen) atoms. The molecule has 1 fully saturated rings. The number of rotatable bonds is 5. The average Bonchev–Trinajstić information content (AvgIpc) is 2.65. The highest BCUT2D eigenvalue weighted by atomic mass is 16.1. The highest BCUT2D eigenvalue weighted by Gasteiger charge is 2.19. The summed E-state index contributed by atoms with van der Waals surface area (Å²) < 4.78 is 0. The summed E-state index contributed by atoms with van der Waals surface area (Å²) in [4.78, 5) is 15.7. The number of nitrogens with zero attached hydrogens (tertiary/aromatic N) is 2. The predicted octanol–water partition coefficient (Wildman–Crippen LogP) is 1.61. The Labute approximate surface area is 85.5 Å². The summed E-state index contributed by atoms with van der Waals surface area (Å²) in [6, 6.07) is 0. The van der Waals surface area contributed by atoms with Crippen LogP contribution in [-0.2, 0) is 4.79 Å². The van der Waals surface area contributed by atoms with Crippen molar-refractivity contribution in [2.45, 2.75) is 19.8 Å². The van der Waals surface area contributed by atoms with Gasteiger partial charge < -0.3 is 4.90 Å². The zero-order chi connectivity index (χ0) is 10.2. The van der Waals surface area contributed by atoms with Gasteiger partial charge in [0, 0.05) is 6.54 Å². The molecule has 0 bridgehead atoms. The molecule has 78 valence electrons. The van der Waals surface area contributed by atoms with Gasteiger partial charge in [-0.05, 0) is 31.8 Å². The molecule has 0 spiro atoms. The van der Waals surface area contributed by atoms with Gasteiger partial charge in [0.1, 0.15) is 0 Å². The van der Waals surface area contributed by atoms with Gasteiger partial charge >= 0.3 is 0 Å². The average molecular weight is 194 g/mol. The second-order valence-electron chi connectivity index (χ2n) is 3.69. The number of carbonyl (C=O) groups excluding carboxylic acids is 1. The first kappa shape index (κ1) is 11.2. The fourth-order valence-electron chi connectivity index (χ4n) is 1.85. The lowest BCUT2D eigenvalue weighted by atomic mass is 10.1. The molecule has 0 aromatic rings. The van der Waals surface area contributed by atoms with Gasteiger partial charge in [0.2, 0.25) is 6.08 Å². The van der Waals surface area contributed by atoms with Gasteiger partial charge in [0.15, 0.2) is 0 Å². The van der Waals surface area contributed by atoms with E-state index in [9.17, 15) is 4.79 Å². The molecule has 1 unspecified atom stereocenters. The largest absolute Gasteiger partial charge is 0.303 e. The van der Waals surface area contributed by atoms with Crippen LogP contribution in [-0.4, -0.2) is 37.2 Å². The molecule has 0 radical (unpaired) electrons. The summed E-state index contributed by atoms with van der Waals surface area (Å²) in [6.45, 7) is 6.31. The van der Waals surface area contributed by atoms with E-state index in [0.717, 1.165) is 18.9 Å². The van der Waals surface area contributed by atoms with Crippen LogP contribution in [0.3, 0.4) is 0 Å². The second kappa shape index (κ2) is 6.52. The molecule has 0 aromatic heterocycles. The van der Waals surface area contributed by atoms with Crippen molar-refractivity contribution < 1.29 is 4.79 Å². The molecule has 3 nitrogen and oxygen atoms in total. The topological polar surface area (TPSA) is 32.7 Å². The molecule has 0 saturated carbocycles. The van der Waals surface area contributed by atoms with Crippen molar-refractivity contribution in [1.82, 2.24) is 4.90 Å². The Morgan fingerprint density at radius 2 is 2.43 bits per heavy atom. The Morgan fingerprint density at radius 1 is 1.57 bits per heavy atom. The molecule has 1 atom stereocenters. The van der Waals surface area contributed by atoms with Crippen LogP contribution in [0.15, 0.2) is 17.1 Å². The molecule has 1 heterocycles. The third-order valence-electron chi connectivity index (χ3n) is 2.71. The lowest BCUT2D eigenvalue weighted by molar-refractivity contribution is 0.342. The highest BCUT2D eigenvalue weighted by Crippen LogP contribution is 2.19. The minimum Gasteiger partial charge on any atom is -0.303 e. The predicted molar refractivity (Wildman–Crippen MR) is 57.0 cm³/mol. The molecular weight excluding hydrogens is 176 g/mol. The van der Waals surface area contributed by atoms with E-state index < -0.39 is 0 Å². The van der Waals surface area contributed by atoms with Crippen molar-refractivity contribution in [3.63, 3.8) is 0 Å². The molecule has 1 saturated heterocycles. The number of aliphatic imine (C=N–C) groups is 1. The first-order valence-electron chi connectivity index (χ1n) is 5.27. The van der Waals surface area contributed by atoms with E-state index in [-0.39, 0.29) is 0 Å². The Hall–Kier alpha value is -0.920. The van der Waals surface area contributed by atoms with Crippen molar-refractivity contribution in [2.75, 3.05) is 26.2 Å². The van der Waals surface area contributed by atoms with Crippen LogP contribution in [0.25, 0.3) is 0 Å². The smallest absolute Gasteiger partial charge is 0.235 e. The van der Waals surface area contributed by atoms with Crippen molar-refractivity contribution in [1.29, 1.82) is 0 Å². The molecule has 0 amide bonds. The monoisotopic (exact) mass is 194 g/mol. The van der Waals surface area contributed by atoms with Crippen molar-refractivity contribution in [3.8, 4) is 0 Å². The van der Waals surface area contributed by atoms with Gasteiger partial charge in [-0.1, -0.05) is 19.1 Å². The summed E-state index contributed by atoms with van der Waals surface area (Å²) >= 11 is 0. The normalized spacial score (nSPS) is 22.8. The first-order valence-corrected chi connectivity index (χ1v) is 5.27. The van der Waals surface area contributed by atoms with E-state index in [0.29, 0.717) is 6.54 Å². The summed E-state index contributed by atoms with van der Waals surface area (Å²) in [5.41, 5.74) is 0. The molecule has 3 heteroatoms. The number of isocyanates is 1. The lowest BCUT2D eigenvalue weighted by Gasteiger charge is -2.11. The third-order valence-corrected chi connectivity index (χ3v) is 2.71. The minimum absolute atomic E-state index is 0.480. The fraction of sp³-hybridized carbons (Fsp3) is 0.727. The standard InChI is InChI=1S/C11H18N2O/c1-2-13-8-6-11(9-13)5-3-4-7-12-10-14/h3-4,11H,2,5-9H2,1H3/b4-3-. The van der Waals surface area contributed by atoms with E-state index >= 15 is 0 Å². The fourth-order valence-corrected chi connectivity index (χ4v) is 1.85. The molecule has 0 N–H and O–H groups in total. The van der Waals surface area contributed by atoms with Crippen molar-refractivity contribution in [2.24, 2.45) is 10.9 Å². The van der Waals surface area contributed by atoms with E-state index in [1.54, 1.807) is 0 Å². The van der Waals surface area contributed by atoms with Crippen LogP contribution >= 0.6 is 0 Å². The van der Waals surface area contributed by atoms with Crippen LogP contribution in [0.2, 0.25) is 0 Å². The van der Waals surface area contributed by atoms with E-state index in [2.05, 4.69) is 22.9 Å². The van der Waals surface area contributed by atoms with Crippen LogP contribution in [0, 0.1) is 5.92 Å². The van der Waals surface area contributed by atoms with Gasteiger partial charge in [-0.2, -0.15) is 0 Å². The van der Waals surface area contributed by atoms with E-state index in [1.165, 1.54) is 25.6 Å². The minimum atomic E-state index is 0.480. The molecule has 0 aliphatic carbocycles. The van der Waals surface area contributed by atoms with Crippen LogP contribution in [0.5, 0.6) is 0 Å². The van der Waals surface area contributed by atoms with Crippen molar-refractivity contribution in [3.05, 3.63) is 12.2 Å². The van der Waals surface area contributed by atoms with Gasteiger partial charge in [-0.25, -0.2) is 9.79 Å². The molecule has 1 aliphatic heterocycles. The van der Waals surface area contributed by atoms with Crippen LogP contribution in [0.4, 0.5) is 0 Å². The first-order chi connectivity index (χ1) is 6.86. The van der Waals surface area contributed by atoms with Crippen LogP contribution in [0.1, 0.15) is 19.8 Å². The summed E-state index contributed by atoms with van der Waals surface area (Å²) in [6.07, 6.45) is 8.02. The zero-order valence-corrected chi connectivity index (χ0v) is 8.78. The summed E-state index contributed by atoms with van der Waals surface area (Å²) in [7, 11) is 0. The Balaban J connectivity index is 2.13. The lowest BCUT2D eigenvalue weighted by Crippen LogP contribution is -2.19. The maximum atomic E-state index is 9.77. The Kier molecular flexibility index (Phi) is 5.20. The van der Waals surface area contributed by atoms with E-state index in [4.69, 9.17) is 0 Å². The second-order valence-corrected chi connectivity index (χ2v) is 3.69. The summed E-state index contributed by atoms with van der Waals surface area (Å²) in [5.74, 6) is 0.798. The van der Waals surface area contributed by atoms with Gasteiger partial charge in [-0.15, -0.1) is 0 Å². The number of hydrogen-bond donors (Lipinski definition) is 0. The SMILES string of the molecule is CCN1CCC(C/C=C\CN=C=O)C1. The summed E-state index contributed by atoms with van der Waals surface area (Å²) in [5, 5.41) is 0. The van der Waals surface area contributed by atoms with Crippen molar-refractivity contribution >= 4 is 6.08 Å². The van der Waals surface area contributed by atoms with E-state index in [1.807, 2.05) is 6.08 Å². The maximum Gasteiger partial charge on any atom is 0.235 e. The van der Waals surface area contributed by atoms with Gasteiger partial charge in [-0.3, -0.25) is 0 Å². The highest BCUT2D eigenvalue weighted by molar-refractivity contribution is 5.33. The molecular formula is C11H18N2O. The Bertz CT molecular complexity index is 231.